The highest BCUT2D eigenvalue weighted by atomic mass is 35.5. The zero-order chi connectivity index (χ0) is 14.2. The van der Waals surface area contributed by atoms with E-state index < -0.39 is 0 Å². The summed E-state index contributed by atoms with van der Waals surface area (Å²) < 4.78 is 10.6. The van der Waals surface area contributed by atoms with Gasteiger partial charge >= 0.3 is 0 Å². The van der Waals surface area contributed by atoms with Crippen LogP contribution in [0.1, 0.15) is 12.0 Å². The lowest BCUT2D eigenvalue weighted by molar-refractivity contribution is -0.124. The molecule has 1 aliphatic heterocycles. The summed E-state index contributed by atoms with van der Waals surface area (Å²) in [6.07, 6.45) is 1.25. The number of rotatable bonds is 6. The van der Waals surface area contributed by atoms with Crippen molar-refractivity contribution in [1.29, 1.82) is 0 Å². The first-order valence-electron chi connectivity index (χ1n) is 7.00. The van der Waals surface area contributed by atoms with Gasteiger partial charge < -0.3 is 20.1 Å². The van der Waals surface area contributed by atoms with Gasteiger partial charge in [-0.1, -0.05) is 12.1 Å². The van der Waals surface area contributed by atoms with E-state index in [0.717, 1.165) is 25.3 Å². The van der Waals surface area contributed by atoms with E-state index in [1.54, 1.807) is 7.11 Å². The fourth-order valence-electron chi connectivity index (χ4n) is 2.17. The molecular weight excluding hydrogens is 292 g/mol. The lowest BCUT2D eigenvalue weighted by Gasteiger charge is -2.23. The molecule has 6 heteroatoms. The fourth-order valence-corrected chi connectivity index (χ4v) is 2.17. The van der Waals surface area contributed by atoms with Crippen molar-refractivity contribution >= 4 is 18.3 Å². The minimum Gasteiger partial charge on any atom is -0.497 e. The Morgan fingerprint density at radius 3 is 2.81 bits per heavy atom. The molecule has 2 rings (SSSR count). The molecule has 118 valence electrons. The van der Waals surface area contributed by atoms with Crippen molar-refractivity contribution in [3.63, 3.8) is 0 Å². The average Bonchev–Trinajstić information content (AvgIpc) is 2.49. The summed E-state index contributed by atoms with van der Waals surface area (Å²) >= 11 is 0. The quantitative estimate of drug-likeness (QED) is 0.827. The van der Waals surface area contributed by atoms with Crippen molar-refractivity contribution < 1.29 is 14.3 Å². The Balaban J connectivity index is 0.00000220. The number of morpholine rings is 1. The van der Waals surface area contributed by atoms with Crippen molar-refractivity contribution in [2.24, 2.45) is 0 Å². The predicted octanol–water partition coefficient (Wildman–Crippen LogP) is 1.15. The Bertz CT molecular complexity index is 419. The lowest BCUT2D eigenvalue weighted by Crippen LogP contribution is -2.41. The first-order chi connectivity index (χ1) is 9.78. The number of carbonyl (C=O) groups is 1. The van der Waals surface area contributed by atoms with E-state index in [-0.39, 0.29) is 24.4 Å². The normalized spacial score (nSPS) is 17.7. The molecule has 1 heterocycles. The van der Waals surface area contributed by atoms with E-state index in [2.05, 4.69) is 10.6 Å². The molecule has 0 bridgehead atoms. The summed E-state index contributed by atoms with van der Waals surface area (Å²) in [5.41, 5.74) is 1.18. The van der Waals surface area contributed by atoms with Gasteiger partial charge in [-0.3, -0.25) is 4.79 Å². The summed E-state index contributed by atoms with van der Waals surface area (Å²) in [6, 6.07) is 7.88. The number of carbonyl (C=O) groups excluding carboxylic acids is 1. The largest absolute Gasteiger partial charge is 0.497 e. The molecule has 1 aliphatic rings. The Morgan fingerprint density at radius 2 is 2.19 bits per heavy atom. The van der Waals surface area contributed by atoms with Gasteiger partial charge in [0.2, 0.25) is 5.91 Å². The number of nitrogens with one attached hydrogen (secondary N) is 2. The number of methoxy groups -OCH3 is 1. The van der Waals surface area contributed by atoms with Crippen LogP contribution in [0.15, 0.2) is 24.3 Å². The van der Waals surface area contributed by atoms with E-state index in [1.807, 2.05) is 24.3 Å². The van der Waals surface area contributed by atoms with Crippen LogP contribution in [0.25, 0.3) is 0 Å². The van der Waals surface area contributed by atoms with Crippen molar-refractivity contribution in [3.8, 4) is 5.75 Å². The van der Waals surface area contributed by atoms with Crippen LogP contribution in [0.4, 0.5) is 0 Å². The summed E-state index contributed by atoms with van der Waals surface area (Å²) in [5.74, 6) is 0.895. The van der Waals surface area contributed by atoms with Crippen LogP contribution in [-0.4, -0.2) is 45.4 Å². The van der Waals surface area contributed by atoms with Gasteiger partial charge in [-0.15, -0.1) is 12.4 Å². The highest BCUT2D eigenvalue weighted by molar-refractivity contribution is 5.85. The van der Waals surface area contributed by atoms with E-state index in [9.17, 15) is 4.79 Å². The fraction of sp³-hybridized carbons (Fsp3) is 0.533. The molecule has 1 atom stereocenters. The van der Waals surface area contributed by atoms with Crippen LogP contribution in [0.5, 0.6) is 5.75 Å². The maximum Gasteiger partial charge on any atom is 0.222 e. The van der Waals surface area contributed by atoms with Crippen molar-refractivity contribution in [3.05, 3.63) is 29.8 Å². The van der Waals surface area contributed by atoms with Crippen LogP contribution in [-0.2, 0) is 16.0 Å². The predicted molar refractivity (Wildman–Crippen MR) is 84.2 cm³/mol. The Labute approximate surface area is 131 Å². The highest BCUT2D eigenvalue weighted by Crippen LogP contribution is 2.11. The summed E-state index contributed by atoms with van der Waals surface area (Å²) in [5, 5.41) is 6.15. The first kappa shape index (κ1) is 17.8. The van der Waals surface area contributed by atoms with Gasteiger partial charge in [0.05, 0.1) is 26.2 Å². The van der Waals surface area contributed by atoms with Crippen molar-refractivity contribution in [1.82, 2.24) is 10.6 Å². The van der Waals surface area contributed by atoms with E-state index in [4.69, 9.17) is 9.47 Å². The maximum atomic E-state index is 11.8. The van der Waals surface area contributed by atoms with Crippen LogP contribution in [0.3, 0.4) is 0 Å². The molecular formula is C15H23ClN2O3. The standard InChI is InChI=1S/C15H22N2O3.ClH/c1-19-13-4-2-12(3-5-13)6-7-17-15(18)10-14-11-16-8-9-20-14;/h2-5,14,16H,6-11H2,1H3,(H,17,18);1H. The van der Waals surface area contributed by atoms with Crippen LogP contribution in [0, 0.1) is 0 Å². The number of hydrogen-bond acceptors (Lipinski definition) is 4. The Hall–Kier alpha value is -1.30. The second-order valence-electron chi connectivity index (χ2n) is 4.85. The number of benzene rings is 1. The molecule has 0 spiro atoms. The Morgan fingerprint density at radius 1 is 1.43 bits per heavy atom. The van der Waals surface area contributed by atoms with Gasteiger partial charge in [0, 0.05) is 19.6 Å². The van der Waals surface area contributed by atoms with Crippen molar-refractivity contribution in [2.45, 2.75) is 18.9 Å². The number of amides is 1. The van der Waals surface area contributed by atoms with Gasteiger partial charge in [0.1, 0.15) is 5.75 Å². The number of hydrogen-bond donors (Lipinski definition) is 2. The van der Waals surface area contributed by atoms with Crippen molar-refractivity contribution in [2.75, 3.05) is 33.4 Å². The molecule has 21 heavy (non-hydrogen) atoms. The van der Waals surface area contributed by atoms with Crippen LogP contribution >= 0.6 is 12.4 Å². The second-order valence-corrected chi connectivity index (χ2v) is 4.85. The molecule has 1 saturated heterocycles. The minimum atomic E-state index is 0. The van der Waals surface area contributed by atoms with Gasteiger partial charge in [0.25, 0.3) is 0 Å². The van der Waals surface area contributed by atoms with Gasteiger partial charge in [-0.25, -0.2) is 0 Å². The zero-order valence-electron chi connectivity index (χ0n) is 12.3. The molecule has 0 aliphatic carbocycles. The molecule has 1 fully saturated rings. The van der Waals surface area contributed by atoms with Gasteiger partial charge in [-0.05, 0) is 24.1 Å². The highest BCUT2D eigenvalue weighted by Gasteiger charge is 2.16. The van der Waals surface area contributed by atoms with Gasteiger partial charge in [-0.2, -0.15) is 0 Å². The van der Waals surface area contributed by atoms with Crippen LogP contribution in [0.2, 0.25) is 0 Å². The smallest absolute Gasteiger partial charge is 0.222 e. The lowest BCUT2D eigenvalue weighted by atomic mass is 10.1. The molecule has 0 aromatic heterocycles. The third-order valence-corrected chi connectivity index (χ3v) is 3.31. The summed E-state index contributed by atoms with van der Waals surface area (Å²) in [6.45, 7) is 2.95. The molecule has 0 saturated carbocycles. The second kappa shape index (κ2) is 9.60. The van der Waals surface area contributed by atoms with E-state index >= 15 is 0 Å². The molecule has 1 aromatic rings. The molecule has 1 unspecified atom stereocenters. The number of ether oxygens (including phenoxy) is 2. The maximum absolute atomic E-state index is 11.8. The first-order valence-corrected chi connectivity index (χ1v) is 7.00. The topological polar surface area (TPSA) is 59.6 Å². The third-order valence-electron chi connectivity index (χ3n) is 3.31. The van der Waals surface area contributed by atoms with Gasteiger partial charge in [0.15, 0.2) is 0 Å². The summed E-state index contributed by atoms with van der Waals surface area (Å²) in [4.78, 5) is 11.8. The van der Waals surface area contributed by atoms with E-state index in [0.29, 0.717) is 19.6 Å². The molecule has 1 aromatic carbocycles. The Kier molecular flexibility index (Phi) is 8.12. The molecule has 0 radical (unpaired) electrons. The number of halogens is 1. The monoisotopic (exact) mass is 314 g/mol. The molecule has 2 N–H and O–H groups in total. The SMILES string of the molecule is COc1ccc(CCNC(=O)CC2CNCCO2)cc1.Cl. The van der Waals surface area contributed by atoms with Crippen LogP contribution < -0.4 is 15.4 Å². The average molecular weight is 315 g/mol. The molecule has 5 nitrogen and oxygen atoms in total. The van der Waals surface area contributed by atoms with E-state index in [1.165, 1.54) is 5.56 Å². The zero-order valence-corrected chi connectivity index (χ0v) is 13.1. The molecule has 1 amide bonds. The third kappa shape index (κ3) is 6.33. The summed E-state index contributed by atoms with van der Waals surface area (Å²) in [7, 11) is 1.65. The minimum absolute atomic E-state index is 0.